The smallest absolute Gasteiger partial charge is 0.339 e. The van der Waals surface area contributed by atoms with Crippen LogP contribution in [0.3, 0.4) is 0 Å². The molecule has 0 unspecified atom stereocenters. The number of rotatable bonds is 3. The summed E-state index contributed by atoms with van der Waals surface area (Å²) in [4.78, 5) is 18.2. The number of hydrogen-bond acceptors (Lipinski definition) is 4. The van der Waals surface area contributed by atoms with E-state index in [0.717, 1.165) is 25.3 Å². The Kier molecular flexibility index (Phi) is 4.09. The van der Waals surface area contributed by atoms with Gasteiger partial charge in [0, 0.05) is 12.7 Å². The summed E-state index contributed by atoms with van der Waals surface area (Å²) in [5.74, 6) is -0.301. The molecule has 0 spiro atoms. The summed E-state index contributed by atoms with van der Waals surface area (Å²) < 4.78 is 4.77. The van der Waals surface area contributed by atoms with Crippen LogP contribution in [0.25, 0.3) is 0 Å². The molecule has 4 nitrogen and oxygen atoms in total. The summed E-state index contributed by atoms with van der Waals surface area (Å²) in [5, 5.41) is 0. The summed E-state index contributed by atoms with van der Waals surface area (Å²) in [5.41, 5.74) is 1.40. The Morgan fingerprint density at radius 2 is 2.18 bits per heavy atom. The first-order valence-corrected chi connectivity index (χ1v) is 6.06. The number of carbonyl (C=O) groups excluding carboxylic acids is 1. The molecule has 0 bridgehead atoms. The second-order valence-electron chi connectivity index (χ2n) is 4.33. The van der Waals surface area contributed by atoms with E-state index in [-0.39, 0.29) is 5.97 Å². The molecule has 17 heavy (non-hydrogen) atoms. The number of aromatic nitrogens is 1. The maximum Gasteiger partial charge on any atom is 0.339 e. The Balaban J connectivity index is 2.11. The van der Waals surface area contributed by atoms with E-state index in [0.29, 0.717) is 5.56 Å². The minimum atomic E-state index is -0.301. The molecular formula is C13H18N2O2. The Bertz CT molecular complexity index is 387. The average molecular weight is 234 g/mol. The molecule has 4 heteroatoms. The predicted molar refractivity (Wildman–Crippen MR) is 64.7 cm³/mol. The van der Waals surface area contributed by atoms with Crippen molar-refractivity contribution in [2.75, 3.05) is 20.2 Å². The third kappa shape index (κ3) is 3.03. The molecule has 0 saturated carbocycles. The average Bonchev–Trinajstić information content (AvgIpc) is 2.40. The number of esters is 1. The lowest BCUT2D eigenvalue weighted by molar-refractivity contribution is 0.0597. The molecule has 1 aromatic rings. The molecule has 1 fully saturated rings. The highest BCUT2D eigenvalue weighted by Gasteiger charge is 2.16. The van der Waals surface area contributed by atoms with Gasteiger partial charge in [-0.15, -0.1) is 0 Å². The maximum atomic E-state index is 11.6. The zero-order valence-corrected chi connectivity index (χ0v) is 10.2. The number of pyridine rings is 1. The first kappa shape index (κ1) is 12.0. The molecule has 0 aromatic carbocycles. The first-order chi connectivity index (χ1) is 8.31. The summed E-state index contributed by atoms with van der Waals surface area (Å²) in [6.07, 6.45) is 5.51. The van der Waals surface area contributed by atoms with Crippen LogP contribution < -0.4 is 0 Å². The molecule has 1 saturated heterocycles. The van der Waals surface area contributed by atoms with Gasteiger partial charge in [-0.05, 0) is 38.1 Å². The largest absolute Gasteiger partial charge is 0.465 e. The maximum absolute atomic E-state index is 11.6. The van der Waals surface area contributed by atoms with Crippen molar-refractivity contribution in [3.05, 3.63) is 29.6 Å². The van der Waals surface area contributed by atoms with Gasteiger partial charge in [-0.1, -0.05) is 6.42 Å². The fourth-order valence-corrected chi connectivity index (χ4v) is 2.19. The van der Waals surface area contributed by atoms with Crippen molar-refractivity contribution in [3.63, 3.8) is 0 Å². The van der Waals surface area contributed by atoms with Gasteiger partial charge in [0.15, 0.2) is 0 Å². The number of hydrogen-bond donors (Lipinski definition) is 0. The van der Waals surface area contributed by atoms with Gasteiger partial charge in [-0.25, -0.2) is 4.79 Å². The van der Waals surface area contributed by atoms with E-state index in [2.05, 4.69) is 9.88 Å². The van der Waals surface area contributed by atoms with Gasteiger partial charge in [-0.3, -0.25) is 9.88 Å². The molecule has 2 rings (SSSR count). The van der Waals surface area contributed by atoms with Crippen molar-refractivity contribution < 1.29 is 9.53 Å². The van der Waals surface area contributed by atoms with Crippen LogP contribution in [0, 0.1) is 0 Å². The lowest BCUT2D eigenvalue weighted by atomic mass is 10.1. The Hall–Kier alpha value is -1.42. The molecule has 0 N–H and O–H groups in total. The van der Waals surface area contributed by atoms with E-state index >= 15 is 0 Å². The van der Waals surface area contributed by atoms with Crippen LogP contribution in [-0.4, -0.2) is 36.1 Å². The number of methoxy groups -OCH3 is 1. The van der Waals surface area contributed by atoms with Crippen LogP contribution in [-0.2, 0) is 11.3 Å². The fraction of sp³-hybridized carbons (Fsp3) is 0.538. The molecule has 2 heterocycles. The van der Waals surface area contributed by atoms with E-state index < -0.39 is 0 Å². The Labute approximate surface area is 102 Å². The van der Waals surface area contributed by atoms with Crippen LogP contribution in [0.4, 0.5) is 0 Å². The SMILES string of the molecule is COC(=O)c1cccnc1CN1CCCCC1. The molecule has 1 aromatic heterocycles. The second kappa shape index (κ2) is 5.77. The third-order valence-electron chi connectivity index (χ3n) is 3.12. The van der Waals surface area contributed by atoms with Crippen LogP contribution >= 0.6 is 0 Å². The molecular weight excluding hydrogens is 216 g/mol. The van der Waals surface area contributed by atoms with Gasteiger partial charge in [0.2, 0.25) is 0 Å². The molecule has 0 radical (unpaired) electrons. The Morgan fingerprint density at radius 3 is 2.88 bits per heavy atom. The van der Waals surface area contributed by atoms with E-state index in [1.54, 1.807) is 18.3 Å². The first-order valence-electron chi connectivity index (χ1n) is 6.06. The number of piperidine rings is 1. The van der Waals surface area contributed by atoms with E-state index in [4.69, 9.17) is 4.74 Å². The predicted octanol–water partition coefficient (Wildman–Crippen LogP) is 1.85. The highest BCUT2D eigenvalue weighted by Crippen LogP contribution is 2.14. The van der Waals surface area contributed by atoms with E-state index in [9.17, 15) is 4.79 Å². The van der Waals surface area contributed by atoms with Gasteiger partial charge in [0.1, 0.15) is 0 Å². The van der Waals surface area contributed by atoms with Crippen LogP contribution in [0.5, 0.6) is 0 Å². The summed E-state index contributed by atoms with van der Waals surface area (Å²) in [6.45, 7) is 2.93. The zero-order chi connectivity index (χ0) is 12.1. The fourth-order valence-electron chi connectivity index (χ4n) is 2.19. The monoisotopic (exact) mass is 234 g/mol. The molecule has 0 atom stereocenters. The van der Waals surface area contributed by atoms with Crippen molar-refractivity contribution in [2.45, 2.75) is 25.8 Å². The van der Waals surface area contributed by atoms with Crippen LogP contribution in [0.2, 0.25) is 0 Å². The number of ether oxygens (including phenoxy) is 1. The highest BCUT2D eigenvalue weighted by molar-refractivity contribution is 5.90. The molecule has 1 aliphatic rings. The van der Waals surface area contributed by atoms with Crippen molar-refractivity contribution in [1.82, 2.24) is 9.88 Å². The normalized spacial score (nSPS) is 16.8. The van der Waals surface area contributed by atoms with Gasteiger partial charge in [0.05, 0.1) is 18.4 Å². The van der Waals surface area contributed by atoms with Crippen molar-refractivity contribution >= 4 is 5.97 Å². The lowest BCUT2D eigenvalue weighted by Gasteiger charge is -2.26. The molecule has 1 aliphatic heterocycles. The van der Waals surface area contributed by atoms with Gasteiger partial charge in [0.25, 0.3) is 0 Å². The van der Waals surface area contributed by atoms with E-state index in [1.165, 1.54) is 26.4 Å². The van der Waals surface area contributed by atoms with E-state index in [1.807, 2.05) is 0 Å². The highest BCUT2D eigenvalue weighted by atomic mass is 16.5. The topological polar surface area (TPSA) is 42.4 Å². The van der Waals surface area contributed by atoms with Crippen molar-refractivity contribution in [3.8, 4) is 0 Å². The standard InChI is InChI=1S/C13H18N2O2/c1-17-13(16)11-6-5-7-14-12(11)10-15-8-3-2-4-9-15/h5-7H,2-4,8-10H2,1H3. The lowest BCUT2D eigenvalue weighted by Crippen LogP contribution is -2.30. The zero-order valence-electron chi connectivity index (χ0n) is 10.2. The summed E-state index contributed by atoms with van der Waals surface area (Å²) in [7, 11) is 1.40. The molecule has 0 aliphatic carbocycles. The summed E-state index contributed by atoms with van der Waals surface area (Å²) in [6, 6.07) is 3.55. The molecule has 0 amide bonds. The quantitative estimate of drug-likeness (QED) is 0.749. The van der Waals surface area contributed by atoms with Crippen molar-refractivity contribution in [1.29, 1.82) is 0 Å². The Morgan fingerprint density at radius 1 is 1.41 bits per heavy atom. The minimum absolute atomic E-state index is 0.301. The number of carbonyl (C=O) groups is 1. The van der Waals surface area contributed by atoms with Crippen molar-refractivity contribution in [2.24, 2.45) is 0 Å². The number of nitrogens with zero attached hydrogens (tertiary/aromatic N) is 2. The summed E-state index contributed by atoms with van der Waals surface area (Å²) >= 11 is 0. The van der Waals surface area contributed by atoms with Crippen LogP contribution in [0.1, 0.15) is 35.3 Å². The van der Waals surface area contributed by atoms with Gasteiger partial charge >= 0.3 is 5.97 Å². The van der Waals surface area contributed by atoms with Gasteiger partial charge < -0.3 is 4.74 Å². The van der Waals surface area contributed by atoms with Crippen LogP contribution in [0.15, 0.2) is 18.3 Å². The second-order valence-corrected chi connectivity index (χ2v) is 4.33. The van der Waals surface area contributed by atoms with Gasteiger partial charge in [-0.2, -0.15) is 0 Å². The third-order valence-corrected chi connectivity index (χ3v) is 3.12. The minimum Gasteiger partial charge on any atom is -0.465 e. The molecule has 92 valence electrons. The number of likely N-dealkylation sites (tertiary alicyclic amines) is 1.